The van der Waals surface area contributed by atoms with Gasteiger partial charge in [-0.05, 0) is 31.4 Å². The van der Waals surface area contributed by atoms with Crippen molar-refractivity contribution in [1.29, 1.82) is 0 Å². The van der Waals surface area contributed by atoms with E-state index in [1.165, 1.54) is 12.8 Å². The number of aromatic nitrogens is 3. The molecule has 0 spiro atoms. The van der Waals surface area contributed by atoms with E-state index in [1.807, 2.05) is 12.1 Å². The Kier molecular flexibility index (Phi) is 4.80. The fourth-order valence-corrected chi connectivity index (χ4v) is 2.81. The molecule has 0 radical (unpaired) electrons. The Balaban J connectivity index is 1.66. The lowest BCUT2D eigenvalue weighted by molar-refractivity contribution is 0.0945. The zero-order chi connectivity index (χ0) is 16.1. The fourth-order valence-electron chi connectivity index (χ4n) is 2.81. The first-order chi connectivity index (χ1) is 11.2. The van der Waals surface area contributed by atoms with Crippen LogP contribution in [0.2, 0.25) is 0 Å². The van der Waals surface area contributed by atoms with E-state index in [0.29, 0.717) is 24.1 Å². The quantitative estimate of drug-likeness (QED) is 0.886. The summed E-state index contributed by atoms with van der Waals surface area (Å²) < 4.78 is 0. The molecule has 1 fully saturated rings. The molecule has 1 saturated carbocycles. The molecule has 2 aromatic rings. The highest BCUT2D eigenvalue weighted by Gasteiger charge is 2.17. The normalized spacial score (nSPS) is 14.7. The van der Waals surface area contributed by atoms with Crippen molar-refractivity contribution in [3.8, 4) is 0 Å². The Morgan fingerprint density at radius 2 is 2.13 bits per heavy atom. The molecule has 6 heteroatoms. The van der Waals surface area contributed by atoms with Crippen LogP contribution in [0.4, 0.5) is 5.82 Å². The Morgan fingerprint density at radius 1 is 1.30 bits per heavy atom. The maximum Gasteiger partial charge on any atom is 0.270 e. The van der Waals surface area contributed by atoms with Crippen LogP contribution in [0.15, 0.2) is 30.6 Å². The topological polar surface area (TPSA) is 79.8 Å². The van der Waals surface area contributed by atoms with E-state index in [2.05, 4.69) is 25.6 Å². The predicted molar refractivity (Wildman–Crippen MR) is 88.1 cm³/mol. The van der Waals surface area contributed by atoms with Crippen LogP contribution in [-0.2, 0) is 6.54 Å². The van der Waals surface area contributed by atoms with Crippen molar-refractivity contribution in [3.05, 3.63) is 47.7 Å². The number of carbonyl (C=O) groups is 1. The van der Waals surface area contributed by atoms with Crippen LogP contribution in [0.25, 0.3) is 0 Å². The number of hydrogen-bond acceptors (Lipinski definition) is 5. The molecule has 3 rings (SSSR count). The van der Waals surface area contributed by atoms with Gasteiger partial charge in [-0.25, -0.2) is 9.97 Å². The van der Waals surface area contributed by atoms with Gasteiger partial charge in [-0.3, -0.25) is 9.78 Å². The van der Waals surface area contributed by atoms with Gasteiger partial charge in [-0.2, -0.15) is 0 Å². The maximum absolute atomic E-state index is 12.3. The SMILES string of the molecule is Cc1nc(NC2CCCC2)cc(C(=O)NCc2cccnc2)n1. The number of amides is 1. The summed E-state index contributed by atoms with van der Waals surface area (Å²) in [5.41, 5.74) is 1.35. The molecule has 23 heavy (non-hydrogen) atoms. The van der Waals surface area contributed by atoms with Gasteiger partial charge in [0.05, 0.1) is 0 Å². The first-order valence-electron chi connectivity index (χ1n) is 8.00. The van der Waals surface area contributed by atoms with Gasteiger partial charge in [0.2, 0.25) is 0 Å². The second kappa shape index (κ2) is 7.17. The Bertz CT molecular complexity index is 668. The fraction of sp³-hybridized carbons (Fsp3) is 0.412. The lowest BCUT2D eigenvalue weighted by Gasteiger charge is -2.14. The molecule has 6 nitrogen and oxygen atoms in total. The van der Waals surface area contributed by atoms with Gasteiger partial charge < -0.3 is 10.6 Å². The van der Waals surface area contributed by atoms with E-state index in [-0.39, 0.29) is 5.91 Å². The number of hydrogen-bond donors (Lipinski definition) is 2. The summed E-state index contributed by atoms with van der Waals surface area (Å²) in [7, 11) is 0. The van der Waals surface area contributed by atoms with Crippen LogP contribution in [0, 0.1) is 6.92 Å². The van der Waals surface area contributed by atoms with E-state index in [0.717, 1.165) is 24.2 Å². The number of carbonyl (C=O) groups excluding carboxylic acids is 1. The lowest BCUT2D eigenvalue weighted by Crippen LogP contribution is -2.25. The van der Waals surface area contributed by atoms with Crippen LogP contribution in [-0.4, -0.2) is 26.9 Å². The number of rotatable bonds is 5. The first kappa shape index (κ1) is 15.4. The minimum atomic E-state index is -0.200. The average Bonchev–Trinajstić information content (AvgIpc) is 3.06. The molecule has 120 valence electrons. The standard InChI is InChI=1S/C17H21N5O/c1-12-20-15(9-16(21-12)22-14-6-2-3-7-14)17(23)19-11-13-5-4-8-18-10-13/h4-5,8-10,14H,2-3,6-7,11H2,1H3,(H,19,23)(H,20,21,22). The molecule has 1 amide bonds. The molecule has 0 aromatic carbocycles. The summed E-state index contributed by atoms with van der Waals surface area (Å²) in [5, 5.41) is 6.28. The summed E-state index contributed by atoms with van der Waals surface area (Å²) in [6.07, 6.45) is 8.26. The van der Waals surface area contributed by atoms with Crippen LogP contribution in [0.5, 0.6) is 0 Å². The van der Waals surface area contributed by atoms with Crippen LogP contribution in [0.1, 0.15) is 47.6 Å². The van der Waals surface area contributed by atoms with Gasteiger partial charge in [0.15, 0.2) is 0 Å². The molecule has 2 N–H and O–H groups in total. The minimum Gasteiger partial charge on any atom is -0.367 e. The van der Waals surface area contributed by atoms with E-state index in [1.54, 1.807) is 25.4 Å². The van der Waals surface area contributed by atoms with Crippen molar-refractivity contribution in [1.82, 2.24) is 20.3 Å². The summed E-state index contributed by atoms with van der Waals surface area (Å²) in [6, 6.07) is 5.95. The van der Waals surface area contributed by atoms with Crippen LogP contribution < -0.4 is 10.6 Å². The second-order valence-electron chi connectivity index (χ2n) is 5.86. The number of anilines is 1. The third kappa shape index (κ3) is 4.25. The highest BCUT2D eigenvalue weighted by atomic mass is 16.1. The summed E-state index contributed by atoms with van der Waals surface area (Å²) >= 11 is 0. The van der Waals surface area contributed by atoms with Gasteiger partial charge in [0.25, 0.3) is 5.91 Å². The molecule has 2 aromatic heterocycles. The van der Waals surface area contributed by atoms with Crippen molar-refractivity contribution in [3.63, 3.8) is 0 Å². The molecular formula is C17H21N5O. The number of nitrogens with one attached hydrogen (secondary N) is 2. The van der Waals surface area contributed by atoms with Crippen molar-refractivity contribution < 1.29 is 4.79 Å². The number of aryl methyl sites for hydroxylation is 1. The number of pyridine rings is 1. The molecule has 0 atom stereocenters. The smallest absolute Gasteiger partial charge is 0.270 e. The lowest BCUT2D eigenvalue weighted by atomic mass is 10.2. The summed E-state index contributed by atoms with van der Waals surface area (Å²) in [5.74, 6) is 1.13. The van der Waals surface area contributed by atoms with Crippen LogP contribution in [0.3, 0.4) is 0 Å². The molecule has 0 saturated heterocycles. The molecule has 1 aliphatic carbocycles. The third-order valence-electron chi connectivity index (χ3n) is 3.95. The van der Waals surface area contributed by atoms with Crippen LogP contribution >= 0.6 is 0 Å². The molecule has 0 unspecified atom stereocenters. The Morgan fingerprint density at radius 3 is 2.87 bits per heavy atom. The second-order valence-corrected chi connectivity index (χ2v) is 5.86. The van der Waals surface area contributed by atoms with Crippen molar-refractivity contribution in [2.45, 2.75) is 45.2 Å². The zero-order valence-corrected chi connectivity index (χ0v) is 13.2. The van der Waals surface area contributed by atoms with Crippen molar-refractivity contribution >= 4 is 11.7 Å². The Hall–Kier alpha value is -2.50. The van der Waals surface area contributed by atoms with E-state index in [9.17, 15) is 4.79 Å². The largest absolute Gasteiger partial charge is 0.367 e. The summed E-state index contributed by atoms with van der Waals surface area (Å²) in [4.78, 5) is 25.0. The molecule has 2 heterocycles. The minimum absolute atomic E-state index is 0.200. The Labute approximate surface area is 135 Å². The monoisotopic (exact) mass is 311 g/mol. The highest BCUT2D eigenvalue weighted by Crippen LogP contribution is 2.21. The van der Waals surface area contributed by atoms with Crippen molar-refractivity contribution in [2.24, 2.45) is 0 Å². The van der Waals surface area contributed by atoms with Gasteiger partial charge in [0, 0.05) is 31.0 Å². The molecule has 1 aliphatic rings. The molecule has 0 bridgehead atoms. The van der Waals surface area contributed by atoms with Gasteiger partial charge >= 0.3 is 0 Å². The van der Waals surface area contributed by atoms with E-state index >= 15 is 0 Å². The van der Waals surface area contributed by atoms with Crippen molar-refractivity contribution in [2.75, 3.05) is 5.32 Å². The van der Waals surface area contributed by atoms with Gasteiger partial charge in [0.1, 0.15) is 17.3 Å². The number of nitrogens with zero attached hydrogens (tertiary/aromatic N) is 3. The molecular weight excluding hydrogens is 290 g/mol. The van der Waals surface area contributed by atoms with E-state index < -0.39 is 0 Å². The average molecular weight is 311 g/mol. The molecule has 0 aliphatic heterocycles. The van der Waals surface area contributed by atoms with Gasteiger partial charge in [-0.1, -0.05) is 18.9 Å². The predicted octanol–water partition coefficient (Wildman–Crippen LogP) is 2.46. The maximum atomic E-state index is 12.3. The van der Waals surface area contributed by atoms with E-state index in [4.69, 9.17) is 0 Å². The zero-order valence-electron chi connectivity index (χ0n) is 13.2. The van der Waals surface area contributed by atoms with Gasteiger partial charge in [-0.15, -0.1) is 0 Å². The highest BCUT2D eigenvalue weighted by molar-refractivity contribution is 5.92. The first-order valence-corrected chi connectivity index (χ1v) is 8.00. The summed E-state index contributed by atoms with van der Waals surface area (Å²) in [6.45, 7) is 2.23. The third-order valence-corrected chi connectivity index (χ3v) is 3.95.